The maximum absolute atomic E-state index is 12.8. The summed E-state index contributed by atoms with van der Waals surface area (Å²) in [5.74, 6) is -0.770. The average molecular weight is 859 g/mol. The summed E-state index contributed by atoms with van der Waals surface area (Å²) in [6.07, 6.45) is 32.6. The van der Waals surface area contributed by atoms with E-state index in [2.05, 4.69) is 30.0 Å². The third-order valence-electron chi connectivity index (χ3n) is 10.4. The van der Waals surface area contributed by atoms with Crippen LogP contribution in [0.4, 0.5) is 0 Å². The number of rotatable bonds is 37. The van der Waals surface area contributed by atoms with Crippen molar-refractivity contribution in [3.8, 4) is 0 Å². The Morgan fingerprint density at radius 1 is 0.763 bits per heavy atom. The van der Waals surface area contributed by atoms with Gasteiger partial charge in [0.05, 0.1) is 25.9 Å². The molecule has 14 nitrogen and oxygen atoms in total. The first-order chi connectivity index (χ1) is 28.6. The van der Waals surface area contributed by atoms with Crippen LogP contribution < -0.4 is 0 Å². The number of ether oxygens (including phenoxy) is 2. The molecule has 1 saturated carbocycles. The Hall–Kier alpha value is -2.23. The average Bonchev–Trinajstić information content (AvgIpc) is 3.84. The third kappa shape index (κ3) is 25.3. The topological polar surface area (TPSA) is 197 Å². The van der Waals surface area contributed by atoms with Gasteiger partial charge in [-0.25, -0.2) is 19.2 Å². The Morgan fingerprint density at radius 3 is 2.08 bits per heavy atom. The zero-order chi connectivity index (χ0) is 43.0. The first-order valence-electron chi connectivity index (χ1n) is 22.1. The monoisotopic (exact) mass is 858 g/mol. The Balaban J connectivity index is 1.73. The molecule has 1 saturated heterocycles. The van der Waals surface area contributed by atoms with Crippen molar-refractivity contribution in [3.63, 3.8) is 0 Å². The first-order valence-corrected chi connectivity index (χ1v) is 23.6. The molecule has 0 amide bonds. The lowest BCUT2D eigenvalue weighted by molar-refractivity contribution is -0.336. The number of unbranched alkanes of at least 4 members (excludes halogenated alkanes) is 12. The van der Waals surface area contributed by atoms with Crippen LogP contribution in [-0.2, 0) is 47.3 Å². The van der Waals surface area contributed by atoms with E-state index in [1.807, 2.05) is 37.3 Å². The molecule has 8 unspecified atom stereocenters. The van der Waals surface area contributed by atoms with Crippen molar-refractivity contribution in [1.82, 2.24) is 0 Å². The molecule has 1 aliphatic heterocycles. The summed E-state index contributed by atoms with van der Waals surface area (Å²) in [5.41, 5.74) is 0. The predicted octanol–water partition coefficient (Wildman–Crippen LogP) is 9.19. The smallest absolute Gasteiger partial charge is 0.462 e. The second-order valence-corrected chi connectivity index (χ2v) is 17.0. The van der Waals surface area contributed by atoms with Gasteiger partial charge in [-0.15, -0.1) is 0 Å². The summed E-state index contributed by atoms with van der Waals surface area (Å²) in [5, 5.41) is 27.7. The number of hydrogen-bond donors (Lipinski definition) is 4. The highest BCUT2D eigenvalue weighted by molar-refractivity contribution is 7.47. The molecule has 0 aromatic rings. The molecule has 1 aliphatic carbocycles. The van der Waals surface area contributed by atoms with Gasteiger partial charge in [0.25, 0.3) is 0 Å². The normalized spacial score (nSPS) is 21.9. The van der Waals surface area contributed by atoms with Gasteiger partial charge in [-0.1, -0.05) is 114 Å². The van der Waals surface area contributed by atoms with Crippen molar-refractivity contribution < 1.29 is 67.7 Å². The number of hydrogen-bond acceptors (Lipinski definition) is 13. The van der Waals surface area contributed by atoms with Crippen LogP contribution in [0.3, 0.4) is 0 Å². The molecule has 0 aromatic heterocycles. The Labute approximate surface area is 352 Å². The van der Waals surface area contributed by atoms with Gasteiger partial charge in [-0.05, 0) is 64.2 Å². The fourth-order valence-corrected chi connectivity index (χ4v) is 7.75. The quantitative estimate of drug-likeness (QED) is 0.0115. The van der Waals surface area contributed by atoms with Gasteiger partial charge in [0.2, 0.25) is 0 Å². The number of allylic oxidation sites excluding steroid dienone is 5. The fourth-order valence-electron chi connectivity index (χ4n) is 6.96. The van der Waals surface area contributed by atoms with E-state index in [-0.39, 0.29) is 43.5 Å². The molecule has 2 aliphatic rings. The van der Waals surface area contributed by atoms with E-state index in [1.165, 1.54) is 38.5 Å². The molecular weight excluding hydrogens is 783 g/mol. The van der Waals surface area contributed by atoms with Crippen molar-refractivity contribution >= 4 is 19.8 Å². The minimum absolute atomic E-state index is 0.0303. The summed E-state index contributed by atoms with van der Waals surface area (Å²) in [4.78, 5) is 50.9. The number of carbonyl (C=O) groups excluding carboxylic acids is 2. The number of phosphoric ester groups is 1. The highest BCUT2D eigenvalue weighted by Crippen LogP contribution is 2.45. The van der Waals surface area contributed by atoms with Crippen molar-refractivity contribution in [1.29, 1.82) is 0 Å². The maximum atomic E-state index is 12.8. The lowest BCUT2D eigenvalue weighted by Crippen LogP contribution is -2.29. The first kappa shape index (κ1) is 52.9. The third-order valence-corrected chi connectivity index (χ3v) is 11.3. The lowest BCUT2D eigenvalue weighted by Gasteiger charge is -2.27. The van der Waals surface area contributed by atoms with E-state index >= 15 is 0 Å². The zero-order valence-electron chi connectivity index (χ0n) is 35.7. The summed E-state index contributed by atoms with van der Waals surface area (Å²) < 4.78 is 32.8. The summed E-state index contributed by atoms with van der Waals surface area (Å²) in [7, 11) is -4.68. The van der Waals surface area contributed by atoms with E-state index in [0.29, 0.717) is 25.7 Å². The maximum Gasteiger partial charge on any atom is 0.472 e. The lowest BCUT2D eigenvalue weighted by atomic mass is 9.89. The molecule has 2 rings (SSSR count). The molecule has 0 radical (unpaired) electrons. The molecule has 59 heavy (non-hydrogen) atoms. The van der Waals surface area contributed by atoms with Crippen LogP contribution in [-0.4, -0.2) is 89.2 Å². The standard InChI is InChI=1S/C44H75O14P/c1-3-5-7-8-9-10-11-12-13-14-15-16-17-18-23-27-43(47)52-34-38(35-54-59(50,51)53-33-36(46)32-45)55-44(48)28-24-20-19-22-26-39-40(42-31-41(39)57-58-42)30-29-37(56-49)25-21-6-4-2/h6,12-13,19,21-22,29-30,36-42,45-46,49H,3-5,7-11,14-18,20,23-28,31-35H2,1-2H3,(H,50,51)/b13-12-,21-6-,22-19-,30-29+. The summed E-state index contributed by atoms with van der Waals surface area (Å²) in [6.45, 7) is 1.98. The van der Waals surface area contributed by atoms with Crippen LogP contribution in [0.1, 0.15) is 149 Å². The number of esters is 2. The van der Waals surface area contributed by atoms with Crippen LogP contribution in [0.15, 0.2) is 48.6 Å². The van der Waals surface area contributed by atoms with Crippen molar-refractivity contribution in [2.24, 2.45) is 11.8 Å². The molecule has 0 spiro atoms. The second-order valence-electron chi connectivity index (χ2n) is 15.5. The van der Waals surface area contributed by atoms with Crippen LogP contribution in [0.2, 0.25) is 0 Å². The minimum atomic E-state index is -4.68. The molecular formula is C44H75O14P. The van der Waals surface area contributed by atoms with Gasteiger partial charge < -0.3 is 24.6 Å². The Morgan fingerprint density at radius 2 is 1.39 bits per heavy atom. The van der Waals surface area contributed by atoms with Gasteiger partial charge in [-0.2, -0.15) is 0 Å². The van der Waals surface area contributed by atoms with Crippen molar-refractivity contribution in [3.05, 3.63) is 48.6 Å². The van der Waals surface area contributed by atoms with Gasteiger partial charge in [-0.3, -0.25) is 23.9 Å². The molecule has 1 heterocycles. The van der Waals surface area contributed by atoms with Crippen LogP contribution >= 0.6 is 7.82 Å². The highest BCUT2D eigenvalue weighted by Gasteiger charge is 2.49. The van der Waals surface area contributed by atoms with E-state index in [9.17, 15) is 29.4 Å². The molecule has 15 heteroatoms. The van der Waals surface area contributed by atoms with Crippen LogP contribution in [0.25, 0.3) is 0 Å². The number of aliphatic hydroxyl groups is 2. The van der Waals surface area contributed by atoms with E-state index < -0.39 is 57.9 Å². The number of carbonyl (C=O) groups is 2. The molecule has 0 aromatic carbocycles. The van der Waals surface area contributed by atoms with E-state index in [0.717, 1.165) is 57.8 Å². The summed E-state index contributed by atoms with van der Waals surface area (Å²) >= 11 is 0. The van der Waals surface area contributed by atoms with Crippen molar-refractivity contribution in [2.45, 2.75) is 179 Å². The van der Waals surface area contributed by atoms with Crippen LogP contribution in [0, 0.1) is 11.8 Å². The van der Waals surface area contributed by atoms with Gasteiger partial charge >= 0.3 is 19.8 Å². The van der Waals surface area contributed by atoms with Crippen molar-refractivity contribution in [2.75, 3.05) is 26.4 Å². The predicted molar refractivity (Wildman–Crippen MR) is 225 cm³/mol. The second kappa shape index (κ2) is 33.4. The van der Waals surface area contributed by atoms with E-state index in [1.54, 1.807) is 0 Å². The Kier molecular flexibility index (Phi) is 30.0. The number of aliphatic hydroxyl groups excluding tert-OH is 2. The Bertz CT molecular complexity index is 1270. The molecule has 2 bridgehead atoms. The molecule has 340 valence electrons. The minimum Gasteiger partial charge on any atom is -0.462 e. The molecule has 4 N–H and O–H groups in total. The number of fused-ring (bicyclic) bond motifs is 2. The highest BCUT2D eigenvalue weighted by atomic mass is 31.2. The van der Waals surface area contributed by atoms with Crippen LogP contribution in [0.5, 0.6) is 0 Å². The van der Waals surface area contributed by atoms with Gasteiger partial charge in [0.1, 0.15) is 24.9 Å². The number of phosphoric acid groups is 1. The SMILES string of the molecule is CC/C=C\CC(/C=C/C1C2CC(OO2)C1C/C=C\CCCC(=O)OC(COC(=O)CCCCCCC/C=C\CCCCCCCC)COP(=O)(O)OCC(O)CO)OO. The fraction of sp³-hybridized carbons (Fsp3) is 0.773. The summed E-state index contributed by atoms with van der Waals surface area (Å²) in [6, 6.07) is 0. The zero-order valence-corrected chi connectivity index (χ0v) is 36.6. The molecule has 8 atom stereocenters. The van der Waals surface area contributed by atoms with E-state index in [4.69, 9.17) is 33.4 Å². The molecule has 2 fully saturated rings. The van der Waals surface area contributed by atoms with Gasteiger partial charge in [0.15, 0.2) is 6.10 Å². The van der Waals surface area contributed by atoms with Gasteiger partial charge in [0, 0.05) is 31.1 Å². The largest absolute Gasteiger partial charge is 0.472 e.